The van der Waals surface area contributed by atoms with Crippen LogP contribution in [0.2, 0.25) is 0 Å². The molecule has 0 saturated carbocycles. The largest absolute Gasteiger partial charge is 0.486 e. The van der Waals surface area contributed by atoms with E-state index in [9.17, 15) is 4.79 Å². The zero-order valence-corrected chi connectivity index (χ0v) is 13.6. The SMILES string of the molecule is Cc1cccc(C)c1NC(=O)c1cc(COc2ccccc2)on1. The van der Waals surface area contributed by atoms with E-state index >= 15 is 0 Å². The van der Waals surface area contributed by atoms with Gasteiger partial charge in [-0.1, -0.05) is 41.6 Å². The standard InChI is InChI=1S/C19H18N2O3/c1-13-7-6-8-14(2)18(13)20-19(22)17-11-16(24-21-17)12-23-15-9-4-3-5-10-15/h3-11H,12H2,1-2H3,(H,20,22). The third-order valence-corrected chi connectivity index (χ3v) is 3.64. The number of benzene rings is 2. The Morgan fingerprint density at radius 2 is 1.79 bits per heavy atom. The van der Waals surface area contributed by atoms with Crippen molar-refractivity contribution in [1.29, 1.82) is 0 Å². The lowest BCUT2D eigenvalue weighted by atomic mass is 10.1. The van der Waals surface area contributed by atoms with Crippen molar-refractivity contribution in [2.75, 3.05) is 5.32 Å². The van der Waals surface area contributed by atoms with Crippen LogP contribution in [0.15, 0.2) is 59.1 Å². The molecule has 2 aromatic carbocycles. The van der Waals surface area contributed by atoms with Gasteiger partial charge in [0.05, 0.1) is 0 Å². The molecule has 5 nitrogen and oxygen atoms in total. The minimum absolute atomic E-state index is 0.216. The van der Waals surface area contributed by atoms with Crippen LogP contribution in [0.4, 0.5) is 5.69 Å². The summed E-state index contributed by atoms with van der Waals surface area (Å²) in [6.45, 7) is 4.11. The molecule has 0 aliphatic heterocycles. The predicted octanol–water partition coefficient (Wildman–Crippen LogP) is 4.12. The first kappa shape index (κ1) is 15.8. The molecule has 3 rings (SSSR count). The van der Waals surface area contributed by atoms with Gasteiger partial charge in [0, 0.05) is 11.8 Å². The molecule has 0 aliphatic rings. The van der Waals surface area contributed by atoms with Crippen molar-refractivity contribution in [3.05, 3.63) is 77.2 Å². The average Bonchev–Trinajstić information content (AvgIpc) is 3.06. The molecule has 122 valence electrons. The zero-order valence-electron chi connectivity index (χ0n) is 13.6. The highest BCUT2D eigenvalue weighted by Crippen LogP contribution is 2.20. The maximum absolute atomic E-state index is 12.3. The van der Waals surface area contributed by atoms with Gasteiger partial charge in [-0.25, -0.2) is 0 Å². The molecule has 0 aliphatic carbocycles. The fourth-order valence-corrected chi connectivity index (χ4v) is 2.35. The summed E-state index contributed by atoms with van der Waals surface area (Å²) in [6.07, 6.45) is 0. The molecule has 0 spiro atoms. The highest BCUT2D eigenvalue weighted by Gasteiger charge is 2.15. The molecule has 3 aromatic rings. The van der Waals surface area contributed by atoms with E-state index in [1.807, 2.05) is 62.4 Å². The predicted molar refractivity (Wildman–Crippen MR) is 91.1 cm³/mol. The van der Waals surface area contributed by atoms with Crippen LogP contribution >= 0.6 is 0 Å². The summed E-state index contributed by atoms with van der Waals surface area (Å²) in [5.41, 5.74) is 3.02. The first-order chi connectivity index (χ1) is 11.6. The van der Waals surface area contributed by atoms with Crippen LogP contribution < -0.4 is 10.1 Å². The number of para-hydroxylation sites is 2. The Labute approximate surface area is 140 Å². The van der Waals surface area contributed by atoms with Crippen LogP contribution in [-0.2, 0) is 6.61 Å². The van der Waals surface area contributed by atoms with Crippen LogP contribution in [0.1, 0.15) is 27.4 Å². The summed E-state index contributed by atoms with van der Waals surface area (Å²) < 4.78 is 10.7. The number of nitrogens with zero attached hydrogens (tertiary/aromatic N) is 1. The van der Waals surface area contributed by atoms with Crippen LogP contribution in [0.25, 0.3) is 0 Å². The van der Waals surface area contributed by atoms with E-state index in [4.69, 9.17) is 9.26 Å². The number of rotatable bonds is 5. The Hall–Kier alpha value is -3.08. The molecule has 0 atom stereocenters. The molecule has 24 heavy (non-hydrogen) atoms. The van der Waals surface area contributed by atoms with E-state index in [0.29, 0.717) is 5.76 Å². The maximum atomic E-state index is 12.3. The van der Waals surface area contributed by atoms with Crippen molar-refractivity contribution in [2.24, 2.45) is 0 Å². The van der Waals surface area contributed by atoms with Gasteiger partial charge < -0.3 is 14.6 Å². The first-order valence-corrected chi connectivity index (χ1v) is 7.64. The molecule has 1 amide bonds. The Kier molecular flexibility index (Phi) is 4.61. The smallest absolute Gasteiger partial charge is 0.277 e. The molecule has 0 saturated heterocycles. The normalized spacial score (nSPS) is 10.4. The van der Waals surface area contributed by atoms with E-state index in [0.717, 1.165) is 22.6 Å². The minimum Gasteiger partial charge on any atom is -0.486 e. The summed E-state index contributed by atoms with van der Waals surface area (Å²) in [6, 6.07) is 16.8. The molecule has 1 heterocycles. The highest BCUT2D eigenvalue weighted by molar-refractivity contribution is 6.03. The quantitative estimate of drug-likeness (QED) is 0.767. The van der Waals surface area contributed by atoms with Crippen molar-refractivity contribution in [3.63, 3.8) is 0 Å². The summed E-state index contributed by atoms with van der Waals surface area (Å²) in [7, 11) is 0. The lowest BCUT2D eigenvalue weighted by Crippen LogP contribution is -2.14. The van der Waals surface area contributed by atoms with Gasteiger partial charge in [0.2, 0.25) is 0 Å². The monoisotopic (exact) mass is 322 g/mol. The van der Waals surface area contributed by atoms with E-state index in [-0.39, 0.29) is 18.2 Å². The number of hydrogen-bond acceptors (Lipinski definition) is 4. The number of carbonyl (C=O) groups excluding carboxylic acids is 1. The van der Waals surface area contributed by atoms with Crippen molar-refractivity contribution >= 4 is 11.6 Å². The van der Waals surface area contributed by atoms with E-state index < -0.39 is 0 Å². The second-order valence-electron chi connectivity index (χ2n) is 5.50. The van der Waals surface area contributed by atoms with Gasteiger partial charge in [-0.15, -0.1) is 0 Å². The molecule has 5 heteroatoms. The highest BCUT2D eigenvalue weighted by atomic mass is 16.5. The summed E-state index contributed by atoms with van der Waals surface area (Å²) in [4.78, 5) is 12.3. The van der Waals surface area contributed by atoms with Crippen molar-refractivity contribution in [2.45, 2.75) is 20.5 Å². The maximum Gasteiger partial charge on any atom is 0.277 e. The van der Waals surface area contributed by atoms with E-state index in [1.165, 1.54) is 0 Å². The molecular formula is C19H18N2O3. The molecule has 0 fully saturated rings. The van der Waals surface area contributed by atoms with E-state index in [2.05, 4.69) is 10.5 Å². The fourth-order valence-electron chi connectivity index (χ4n) is 2.35. The van der Waals surface area contributed by atoms with Gasteiger partial charge in [0.1, 0.15) is 12.4 Å². The lowest BCUT2D eigenvalue weighted by molar-refractivity contribution is 0.101. The van der Waals surface area contributed by atoms with Gasteiger partial charge in [-0.05, 0) is 37.1 Å². The minimum atomic E-state index is -0.304. The van der Waals surface area contributed by atoms with Gasteiger partial charge in [0.25, 0.3) is 5.91 Å². The van der Waals surface area contributed by atoms with Crippen LogP contribution in [-0.4, -0.2) is 11.1 Å². The molecule has 0 unspecified atom stereocenters. The fraction of sp³-hybridized carbons (Fsp3) is 0.158. The molecule has 0 bridgehead atoms. The third-order valence-electron chi connectivity index (χ3n) is 3.64. The Morgan fingerprint density at radius 1 is 1.08 bits per heavy atom. The van der Waals surface area contributed by atoms with E-state index in [1.54, 1.807) is 6.07 Å². The van der Waals surface area contributed by atoms with Crippen LogP contribution in [0.3, 0.4) is 0 Å². The van der Waals surface area contributed by atoms with Crippen molar-refractivity contribution < 1.29 is 14.1 Å². The molecule has 0 radical (unpaired) electrons. The Morgan fingerprint density at radius 3 is 2.50 bits per heavy atom. The van der Waals surface area contributed by atoms with Gasteiger partial charge in [-0.3, -0.25) is 4.79 Å². The number of amides is 1. The lowest BCUT2D eigenvalue weighted by Gasteiger charge is -2.09. The number of carbonyl (C=O) groups is 1. The first-order valence-electron chi connectivity index (χ1n) is 7.64. The van der Waals surface area contributed by atoms with Gasteiger partial charge >= 0.3 is 0 Å². The van der Waals surface area contributed by atoms with Crippen LogP contribution in [0.5, 0.6) is 5.75 Å². The molecule has 1 N–H and O–H groups in total. The summed E-state index contributed by atoms with van der Waals surface area (Å²) >= 11 is 0. The third kappa shape index (κ3) is 3.63. The number of nitrogens with one attached hydrogen (secondary N) is 1. The number of anilines is 1. The van der Waals surface area contributed by atoms with Crippen molar-refractivity contribution in [1.82, 2.24) is 5.16 Å². The number of aromatic nitrogens is 1. The van der Waals surface area contributed by atoms with Gasteiger partial charge in [-0.2, -0.15) is 0 Å². The van der Waals surface area contributed by atoms with Gasteiger partial charge in [0.15, 0.2) is 11.5 Å². The Bertz CT molecular complexity index is 821. The average molecular weight is 322 g/mol. The topological polar surface area (TPSA) is 64.4 Å². The molecule has 1 aromatic heterocycles. The van der Waals surface area contributed by atoms with Crippen LogP contribution in [0, 0.1) is 13.8 Å². The zero-order chi connectivity index (χ0) is 16.9. The second-order valence-corrected chi connectivity index (χ2v) is 5.50. The summed E-state index contributed by atoms with van der Waals surface area (Å²) in [5.74, 6) is 0.919. The second kappa shape index (κ2) is 7.00. The number of hydrogen-bond donors (Lipinski definition) is 1. The number of ether oxygens (including phenoxy) is 1. The summed E-state index contributed by atoms with van der Waals surface area (Å²) in [5, 5.41) is 6.70. The van der Waals surface area contributed by atoms with Crippen molar-refractivity contribution in [3.8, 4) is 5.75 Å². The number of aryl methyl sites for hydroxylation is 2. The Balaban J connectivity index is 1.65. The molecular weight excluding hydrogens is 304 g/mol.